The summed E-state index contributed by atoms with van der Waals surface area (Å²) in [5.74, 6) is 0. The predicted molar refractivity (Wildman–Crippen MR) is 71.3 cm³/mol. The van der Waals surface area contributed by atoms with Gasteiger partial charge in [0.2, 0.25) is 0 Å². The van der Waals surface area contributed by atoms with Crippen molar-refractivity contribution in [2.75, 3.05) is 32.8 Å². The van der Waals surface area contributed by atoms with Gasteiger partial charge in [-0.05, 0) is 37.9 Å². The highest BCUT2D eigenvalue weighted by Crippen LogP contribution is 2.07. The summed E-state index contributed by atoms with van der Waals surface area (Å²) < 4.78 is 5.70. The minimum absolute atomic E-state index is 0.845. The van der Waals surface area contributed by atoms with Crippen LogP contribution >= 0.6 is 0 Å². The highest BCUT2D eigenvalue weighted by molar-refractivity contribution is 5.14. The van der Waals surface area contributed by atoms with Crippen molar-refractivity contribution in [3.8, 4) is 0 Å². The number of ether oxygens (including phenoxy) is 1. The van der Waals surface area contributed by atoms with Gasteiger partial charge in [-0.1, -0.05) is 36.8 Å². The Morgan fingerprint density at radius 3 is 2.47 bits per heavy atom. The van der Waals surface area contributed by atoms with Gasteiger partial charge in [-0.25, -0.2) is 0 Å². The molecule has 0 saturated carbocycles. The molecule has 2 heteroatoms. The quantitative estimate of drug-likeness (QED) is 0.701. The van der Waals surface area contributed by atoms with Crippen LogP contribution in [-0.4, -0.2) is 37.7 Å². The molecule has 0 atom stereocenters. The Kier molecular flexibility index (Phi) is 5.53. The van der Waals surface area contributed by atoms with Crippen molar-refractivity contribution >= 4 is 0 Å². The van der Waals surface area contributed by atoms with Crippen molar-refractivity contribution < 1.29 is 4.74 Å². The maximum Gasteiger partial charge on any atom is 0.0593 e. The molecule has 0 bridgehead atoms. The maximum absolute atomic E-state index is 5.70. The molecule has 0 radical (unpaired) electrons. The largest absolute Gasteiger partial charge is 0.380 e. The van der Waals surface area contributed by atoms with Crippen LogP contribution in [0.1, 0.15) is 24.8 Å². The standard InChI is InChI=1S/C15H23NO/c1-3-7-15(8-4-1)9-13-17-14-12-16-10-5-2-6-11-16/h1,3-4,7-8H,2,5-6,9-14H2. The normalized spacial score (nSPS) is 17.2. The van der Waals surface area contributed by atoms with E-state index in [0.29, 0.717) is 0 Å². The first-order chi connectivity index (χ1) is 8.45. The zero-order chi connectivity index (χ0) is 11.8. The highest BCUT2D eigenvalue weighted by atomic mass is 16.5. The summed E-state index contributed by atoms with van der Waals surface area (Å²) in [5.41, 5.74) is 1.37. The van der Waals surface area contributed by atoms with Crippen LogP contribution in [0.2, 0.25) is 0 Å². The molecule has 2 rings (SSSR count). The minimum atomic E-state index is 0.845. The van der Waals surface area contributed by atoms with Crippen LogP contribution in [0.25, 0.3) is 0 Å². The van der Waals surface area contributed by atoms with Crippen molar-refractivity contribution in [1.82, 2.24) is 4.90 Å². The van der Waals surface area contributed by atoms with Gasteiger partial charge in [-0.15, -0.1) is 0 Å². The molecule has 0 amide bonds. The molecule has 1 aliphatic heterocycles. The average Bonchev–Trinajstić information content (AvgIpc) is 2.41. The second-order valence-electron chi connectivity index (χ2n) is 4.75. The third-order valence-corrected chi connectivity index (χ3v) is 3.38. The van der Waals surface area contributed by atoms with Crippen LogP contribution in [0.15, 0.2) is 30.3 Å². The lowest BCUT2D eigenvalue weighted by Gasteiger charge is -2.26. The van der Waals surface area contributed by atoms with Gasteiger partial charge in [0.05, 0.1) is 13.2 Å². The summed E-state index contributed by atoms with van der Waals surface area (Å²) in [7, 11) is 0. The molecule has 17 heavy (non-hydrogen) atoms. The van der Waals surface area contributed by atoms with Crippen LogP contribution < -0.4 is 0 Å². The number of hydrogen-bond acceptors (Lipinski definition) is 2. The van der Waals surface area contributed by atoms with Crippen LogP contribution in [0.5, 0.6) is 0 Å². The number of hydrogen-bond donors (Lipinski definition) is 0. The molecular weight excluding hydrogens is 210 g/mol. The third-order valence-electron chi connectivity index (χ3n) is 3.38. The van der Waals surface area contributed by atoms with Gasteiger partial charge in [0.25, 0.3) is 0 Å². The fourth-order valence-electron chi connectivity index (χ4n) is 2.31. The first kappa shape index (κ1) is 12.6. The van der Waals surface area contributed by atoms with E-state index >= 15 is 0 Å². The Hall–Kier alpha value is -0.860. The lowest BCUT2D eigenvalue weighted by Crippen LogP contribution is -2.32. The number of piperidine rings is 1. The summed E-state index contributed by atoms with van der Waals surface area (Å²) in [4.78, 5) is 2.52. The third kappa shape index (κ3) is 4.88. The van der Waals surface area contributed by atoms with Crippen molar-refractivity contribution in [2.24, 2.45) is 0 Å². The molecule has 2 nitrogen and oxygen atoms in total. The highest BCUT2D eigenvalue weighted by Gasteiger charge is 2.08. The Balaban J connectivity index is 1.51. The predicted octanol–water partition coefficient (Wildman–Crippen LogP) is 2.73. The molecule has 0 aromatic heterocycles. The molecule has 0 spiro atoms. The zero-order valence-electron chi connectivity index (χ0n) is 10.6. The van der Waals surface area contributed by atoms with Crippen LogP contribution in [0, 0.1) is 0 Å². The van der Waals surface area contributed by atoms with Crippen molar-refractivity contribution in [3.05, 3.63) is 35.9 Å². The van der Waals surface area contributed by atoms with E-state index in [0.717, 1.165) is 26.2 Å². The number of benzene rings is 1. The molecule has 1 fully saturated rings. The van der Waals surface area contributed by atoms with E-state index in [9.17, 15) is 0 Å². The van der Waals surface area contributed by atoms with E-state index in [-0.39, 0.29) is 0 Å². The first-order valence-electron chi connectivity index (χ1n) is 6.79. The van der Waals surface area contributed by atoms with E-state index < -0.39 is 0 Å². The Bertz CT molecular complexity index is 293. The second-order valence-corrected chi connectivity index (χ2v) is 4.75. The molecule has 1 aliphatic rings. The lowest BCUT2D eigenvalue weighted by atomic mass is 10.1. The van der Waals surface area contributed by atoms with Crippen molar-refractivity contribution in [2.45, 2.75) is 25.7 Å². The van der Waals surface area contributed by atoms with Crippen LogP contribution in [-0.2, 0) is 11.2 Å². The Morgan fingerprint density at radius 1 is 0.941 bits per heavy atom. The van der Waals surface area contributed by atoms with E-state index in [1.54, 1.807) is 0 Å². The maximum atomic E-state index is 5.70. The topological polar surface area (TPSA) is 12.5 Å². The summed E-state index contributed by atoms with van der Waals surface area (Å²) >= 11 is 0. The average molecular weight is 233 g/mol. The van der Waals surface area contributed by atoms with E-state index in [4.69, 9.17) is 4.74 Å². The Morgan fingerprint density at radius 2 is 1.71 bits per heavy atom. The van der Waals surface area contributed by atoms with E-state index in [1.165, 1.54) is 37.9 Å². The summed E-state index contributed by atoms with van der Waals surface area (Å²) in [6.45, 7) is 5.36. The molecular formula is C15H23NO. The fourth-order valence-corrected chi connectivity index (χ4v) is 2.31. The fraction of sp³-hybridized carbons (Fsp3) is 0.600. The molecule has 1 heterocycles. The smallest absolute Gasteiger partial charge is 0.0593 e. The van der Waals surface area contributed by atoms with Crippen molar-refractivity contribution in [3.63, 3.8) is 0 Å². The van der Waals surface area contributed by atoms with Gasteiger partial charge in [0.1, 0.15) is 0 Å². The Labute approximate surface area is 105 Å². The monoisotopic (exact) mass is 233 g/mol. The van der Waals surface area contributed by atoms with Gasteiger partial charge in [0.15, 0.2) is 0 Å². The molecule has 1 saturated heterocycles. The molecule has 0 N–H and O–H groups in total. The lowest BCUT2D eigenvalue weighted by molar-refractivity contribution is 0.0984. The number of likely N-dealkylation sites (tertiary alicyclic amines) is 1. The molecule has 0 aliphatic carbocycles. The summed E-state index contributed by atoms with van der Waals surface area (Å²) in [6, 6.07) is 10.6. The van der Waals surface area contributed by atoms with Gasteiger partial charge in [-0.3, -0.25) is 0 Å². The van der Waals surface area contributed by atoms with Gasteiger partial charge in [0, 0.05) is 6.54 Å². The van der Waals surface area contributed by atoms with E-state index in [2.05, 4.69) is 35.2 Å². The summed E-state index contributed by atoms with van der Waals surface area (Å²) in [5, 5.41) is 0. The second kappa shape index (κ2) is 7.46. The number of nitrogens with zero attached hydrogens (tertiary/aromatic N) is 1. The minimum Gasteiger partial charge on any atom is -0.380 e. The summed E-state index contributed by atoms with van der Waals surface area (Å²) in [6.07, 6.45) is 5.17. The first-order valence-corrected chi connectivity index (χ1v) is 6.79. The molecule has 1 aromatic rings. The van der Waals surface area contributed by atoms with Crippen LogP contribution in [0.3, 0.4) is 0 Å². The van der Waals surface area contributed by atoms with E-state index in [1.807, 2.05) is 0 Å². The van der Waals surface area contributed by atoms with Crippen molar-refractivity contribution in [1.29, 1.82) is 0 Å². The molecule has 94 valence electrons. The van der Waals surface area contributed by atoms with Gasteiger partial charge >= 0.3 is 0 Å². The molecule has 0 unspecified atom stereocenters. The molecule has 1 aromatic carbocycles. The van der Waals surface area contributed by atoms with Gasteiger partial charge < -0.3 is 9.64 Å². The SMILES string of the molecule is c1ccc(CCOCCN2CCCCC2)cc1. The van der Waals surface area contributed by atoms with Crippen LogP contribution in [0.4, 0.5) is 0 Å². The number of rotatable bonds is 6. The zero-order valence-corrected chi connectivity index (χ0v) is 10.6. The van der Waals surface area contributed by atoms with Gasteiger partial charge in [-0.2, -0.15) is 0 Å².